The monoisotopic (exact) mass is 408 g/mol. The Morgan fingerprint density at radius 1 is 0.867 bits per heavy atom. The van der Waals surface area contributed by atoms with Crippen molar-refractivity contribution in [1.29, 1.82) is 0 Å². The van der Waals surface area contributed by atoms with Gasteiger partial charge in [0.2, 0.25) is 11.8 Å². The molecule has 0 atom stereocenters. The van der Waals surface area contributed by atoms with E-state index in [0.717, 1.165) is 19.3 Å². The lowest BCUT2D eigenvalue weighted by molar-refractivity contribution is -0.117. The molecule has 30 heavy (non-hydrogen) atoms. The molecule has 0 saturated heterocycles. The van der Waals surface area contributed by atoms with E-state index in [9.17, 15) is 19.2 Å². The molecule has 7 nitrogen and oxygen atoms in total. The van der Waals surface area contributed by atoms with E-state index >= 15 is 0 Å². The van der Waals surface area contributed by atoms with E-state index in [1.807, 2.05) is 6.92 Å². The van der Waals surface area contributed by atoms with E-state index in [0.29, 0.717) is 28.9 Å². The number of Topliss-reactive ketones (excluding diaryl/α,β-unsaturated/α-hetero) is 1. The van der Waals surface area contributed by atoms with Crippen molar-refractivity contribution in [2.75, 3.05) is 17.2 Å². The maximum Gasteiger partial charge on any atom is 0.338 e. The van der Waals surface area contributed by atoms with Crippen molar-refractivity contribution in [3.63, 3.8) is 0 Å². The topological polar surface area (TPSA) is 102 Å². The van der Waals surface area contributed by atoms with Gasteiger partial charge in [0.05, 0.1) is 5.56 Å². The zero-order valence-corrected chi connectivity index (χ0v) is 16.8. The molecule has 2 aromatic carbocycles. The lowest BCUT2D eigenvalue weighted by Crippen LogP contribution is -2.15. The molecule has 2 aromatic rings. The van der Waals surface area contributed by atoms with Crippen molar-refractivity contribution in [2.24, 2.45) is 5.92 Å². The Morgan fingerprint density at radius 3 is 2.00 bits per heavy atom. The van der Waals surface area contributed by atoms with Gasteiger partial charge < -0.3 is 15.4 Å². The van der Waals surface area contributed by atoms with Crippen LogP contribution in [0.25, 0.3) is 0 Å². The van der Waals surface area contributed by atoms with Crippen LogP contribution in [0, 0.1) is 5.92 Å². The number of benzene rings is 2. The van der Waals surface area contributed by atoms with E-state index in [4.69, 9.17) is 4.74 Å². The van der Waals surface area contributed by atoms with E-state index in [1.54, 1.807) is 48.5 Å². The Morgan fingerprint density at radius 2 is 1.43 bits per heavy atom. The highest BCUT2D eigenvalue weighted by atomic mass is 16.5. The van der Waals surface area contributed by atoms with Crippen LogP contribution < -0.4 is 10.6 Å². The first kappa shape index (κ1) is 21.2. The van der Waals surface area contributed by atoms with Crippen LogP contribution in [0.3, 0.4) is 0 Å². The Hall–Kier alpha value is -3.48. The molecule has 2 amide bonds. The second kappa shape index (κ2) is 9.82. The fourth-order valence-corrected chi connectivity index (χ4v) is 2.77. The van der Waals surface area contributed by atoms with Gasteiger partial charge in [0, 0.05) is 29.3 Å². The number of hydrogen-bond acceptors (Lipinski definition) is 5. The maximum absolute atomic E-state index is 12.2. The molecule has 1 aliphatic carbocycles. The van der Waals surface area contributed by atoms with Crippen LogP contribution >= 0.6 is 0 Å². The van der Waals surface area contributed by atoms with E-state index in [2.05, 4.69) is 10.6 Å². The number of hydrogen-bond donors (Lipinski definition) is 2. The largest absolute Gasteiger partial charge is 0.454 e. The first-order valence-corrected chi connectivity index (χ1v) is 9.97. The van der Waals surface area contributed by atoms with Crippen LogP contribution in [0.5, 0.6) is 0 Å². The summed E-state index contributed by atoms with van der Waals surface area (Å²) < 4.78 is 5.09. The van der Waals surface area contributed by atoms with Gasteiger partial charge in [0.25, 0.3) is 0 Å². The minimum Gasteiger partial charge on any atom is -0.454 e. The summed E-state index contributed by atoms with van der Waals surface area (Å²) in [6, 6.07) is 12.8. The highest BCUT2D eigenvalue weighted by Gasteiger charge is 2.29. The smallest absolute Gasteiger partial charge is 0.338 e. The van der Waals surface area contributed by atoms with Crippen molar-refractivity contribution >= 4 is 34.9 Å². The van der Waals surface area contributed by atoms with Crippen LogP contribution in [0.1, 0.15) is 53.3 Å². The normalized spacial score (nSPS) is 12.7. The number of rotatable bonds is 9. The number of carbonyl (C=O) groups excluding carboxylic acids is 4. The fraction of sp³-hybridized carbons (Fsp3) is 0.304. The summed E-state index contributed by atoms with van der Waals surface area (Å²) >= 11 is 0. The van der Waals surface area contributed by atoms with Crippen molar-refractivity contribution in [3.05, 3.63) is 59.7 Å². The predicted molar refractivity (Wildman–Crippen MR) is 112 cm³/mol. The summed E-state index contributed by atoms with van der Waals surface area (Å²) in [5.41, 5.74) is 1.90. The van der Waals surface area contributed by atoms with Crippen LogP contribution in [0.2, 0.25) is 0 Å². The second-order valence-electron chi connectivity index (χ2n) is 7.22. The molecule has 1 aliphatic rings. The number of esters is 1. The van der Waals surface area contributed by atoms with Gasteiger partial charge in [-0.05, 0) is 67.8 Å². The summed E-state index contributed by atoms with van der Waals surface area (Å²) in [5.74, 6) is -0.951. The molecule has 0 unspecified atom stereocenters. The lowest BCUT2D eigenvalue weighted by Gasteiger charge is -2.08. The second-order valence-corrected chi connectivity index (χ2v) is 7.22. The van der Waals surface area contributed by atoms with Crippen molar-refractivity contribution in [1.82, 2.24) is 0 Å². The first-order chi connectivity index (χ1) is 14.5. The molecule has 0 aliphatic heterocycles. The third-order valence-corrected chi connectivity index (χ3v) is 4.64. The molecule has 0 spiro atoms. The Kier molecular flexibility index (Phi) is 6.95. The Labute approximate surface area is 174 Å². The Bertz CT molecular complexity index is 931. The highest BCUT2D eigenvalue weighted by molar-refractivity contribution is 6.00. The number of ether oxygens (including phenoxy) is 1. The first-order valence-electron chi connectivity index (χ1n) is 9.97. The maximum atomic E-state index is 12.2. The molecular weight excluding hydrogens is 384 g/mol. The molecule has 1 fully saturated rings. The SMILES string of the molecule is CCCC(=O)Nc1ccc(C(=O)COC(=O)c2ccc(NC(=O)C3CC3)cc2)cc1. The van der Waals surface area contributed by atoms with Crippen LogP contribution in [0.4, 0.5) is 11.4 Å². The molecule has 2 N–H and O–H groups in total. The average molecular weight is 408 g/mol. The van der Waals surface area contributed by atoms with Gasteiger partial charge in [-0.3, -0.25) is 14.4 Å². The highest BCUT2D eigenvalue weighted by Crippen LogP contribution is 2.30. The predicted octanol–water partition coefficient (Wildman–Crippen LogP) is 3.81. The van der Waals surface area contributed by atoms with E-state index < -0.39 is 5.97 Å². The van der Waals surface area contributed by atoms with Crippen LogP contribution in [-0.2, 0) is 14.3 Å². The number of amides is 2. The standard InChI is InChI=1S/C23H24N2O5/c1-2-3-21(27)24-18-10-6-15(7-11-18)20(26)14-30-23(29)17-8-12-19(13-9-17)25-22(28)16-4-5-16/h6-13,16H,2-5,14H2,1H3,(H,24,27)(H,25,28). The van der Waals surface area contributed by atoms with E-state index in [-0.39, 0.29) is 30.1 Å². The van der Waals surface area contributed by atoms with Gasteiger partial charge in [-0.25, -0.2) is 4.79 Å². The van der Waals surface area contributed by atoms with Crippen molar-refractivity contribution < 1.29 is 23.9 Å². The van der Waals surface area contributed by atoms with Crippen LogP contribution in [-0.4, -0.2) is 30.2 Å². The zero-order chi connectivity index (χ0) is 21.5. The van der Waals surface area contributed by atoms with E-state index in [1.165, 1.54) is 0 Å². The molecule has 3 rings (SSSR count). The zero-order valence-electron chi connectivity index (χ0n) is 16.8. The average Bonchev–Trinajstić information content (AvgIpc) is 3.58. The van der Waals surface area contributed by atoms with Crippen molar-refractivity contribution in [3.8, 4) is 0 Å². The van der Waals surface area contributed by atoms with Gasteiger partial charge >= 0.3 is 5.97 Å². The molecule has 7 heteroatoms. The molecule has 0 heterocycles. The summed E-state index contributed by atoms with van der Waals surface area (Å²) in [6.45, 7) is 1.53. The summed E-state index contributed by atoms with van der Waals surface area (Å²) in [5, 5.41) is 5.54. The quantitative estimate of drug-likeness (QED) is 0.485. The number of carbonyl (C=O) groups is 4. The number of anilines is 2. The third-order valence-electron chi connectivity index (χ3n) is 4.64. The summed E-state index contributed by atoms with van der Waals surface area (Å²) in [7, 11) is 0. The molecule has 0 bridgehead atoms. The van der Waals surface area contributed by atoms with Gasteiger partial charge in [0.15, 0.2) is 12.4 Å². The minimum absolute atomic E-state index is 0.00753. The van der Waals surface area contributed by atoms with Gasteiger partial charge in [0.1, 0.15) is 0 Å². The van der Waals surface area contributed by atoms with Gasteiger partial charge in [-0.15, -0.1) is 0 Å². The fourth-order valence-electron chi connectivity index (χ4n) is 2.77. The molecule has 0 radical (unpaired) electrons. The van der Waals surface area contributed by atoms with Crippen molar-refractivity contribution in [2.45, 2.75) is 32.6 Å². The Balaban J connectivity index is 1.48. The number of ketones is 1. The molecular formula is C23H24N2O5. The molecule has 1 saturated carbocycles. The molecule has 156 valence electrons. The number of nitrogens with one attached hydrogen (secondary N) is 2. The lowest BCUT2D eigenvalue weighted by atomic mass is 10.1. The summed E-state index contributed by atoms with van der Waals surface area (Å²) in [6.07, 6.45) is 3.02. The summed E-state index contributed by atoms with van der Waals surface area (Å²) in [4.78, 5) is 47.8. The molecule has 0 aromatic heterocycles. The van der Waals surface area contributed by atoms with Gasteiger partial charge in [-0.2, -0.15) is 0 Å². The van der Waals surface area contributed by atoms with Crippen LogP contribution in [0.15, 0.2) is 48.5 Å². The van der Waals surface area contributed by atoms with Gasteiger partial charge in [-0.1, -0.05) is 6.92 Å². The third kappa shape index (κ3) is 6.01. The minimum atomic E-state index is -0.619.